The van der Waals surface area contributed by atoms with Gasteiger partial charge in [-0.25, -0.2) is 0 Å². The highest BCUT2D eigenvalue weighted by atomic mass is 35.5. The smallest absolute Gasteiger partial charge is 0.226 e. The van der Waals surface area contributed by atoms with Crippen molar-refractivity contribution in [2.75, 3.05) is 7.05 Å². The number of carbonyl (C=O) groups is 1. The van der Waals surface area contributed by atoms with E-state index in [1.165, 1.54) is 6.42 Å². The summed E-state index contributed by atoms with van der Waals surface area (Å²) >= 11 is 6.07. The third-order valence-corrected chi connectivity index (χ3v) is 6.80. The number of benzene rings is 1. The molecule has 5 nitrogen and oxygen atoms in total. The number of halogens is 1. The van der Waals surface area contributed by atoms with Crippen molar-refractivity contribution in [1.29, 1.82) is 0 Å². The van der Waals surface area contributed by atoms with Crippen molar-refractivity contribution in [2.45, 2.75) is 44.2 Å². The summed E-state index contributed by atoms with van der Waals surface area (Å²) in [6.07, 6.45) is 10.4. The first-order valence-electron chi connectivity index (χ1n) is 10.1. The number of fused-ring (bicyclic) bond motifs is 2. The first-order valence-corrected chi connectivity index (χ1v) is 10.5. The van der Waals surface area contributed by atoms with Gasteiger partial charge in [0.05, 0.1) is 11.9 Å². The van der Waals surface area contributed by atoms with E-state index in [0.717, 1.165) is 36.9 Å². The van der Waals surface area contributed by atoms with Crippen molar-refractivity contribution in [2.24, 2.45) is 23.5 Å². The van der Waals surface area contributed by atoms with Gasteiger partial charge in [0.25, 0.3) is 0 Å². The number of carbonyl (C=O) groups excluding carboxylic acids is 1. The Labute approximate surface area is 171 Å². The molecule has 1 amide bonds. The van der Waals surface area contributed by atoms with E-state index in [0.29, 0.717) is 16.9 Å². The summed E-state index contributed by atoms with van der Waals surface area (Å²) < 4.78 is 0. The van der Waals surface area contributed by atoms with Gasteiger partial charge in [0, 0.05) is 36.4 Å². The SMILES string of the molecule is CN(C(=O)C1CC2CCCC(C1)C2N)C(c1ccc(Cl)cc1)c1cnccn1. The van der Waals surface area contributed by atoms with Crippen LogP contribution in [0.3, 0.4) is 0 Å². The van der Waals surface area contributed by atoms with E-state index in [1.807, 2.05) is 36.2 Å². The number of amides is 1. The highest BCUT2D eigenvalue weighted by Gasteiger charge is 2.42. The van der Waals surface area contributed by atoms with E-state index in [4.69, 9.17) is 17.3 Å². The first-order chi connectivity index (χ1) is 13.5. The molecule has 1 heterocycles. The molecule has 0 saturated heterocycles. The molecule has 2 N–H and O–H groups in total. The first kappa shape index (κ1) is 19.3. The third-order valence-electron chi connectivity index (χ3n) is 6.55. The summed E-state index contributed by atoms with van der Waals surface area (Å²) in [5, 5.41) is 0.671. The molecule has 28 heavy (non-hydrogen) atoms. The number of aromatic nitrogens is 2. The molecule has 1 aromatic heterocycles. The van der Waals surface area contributed by atoms with Crippen molar-refractivity contribution in [3.05, 3.63) is 59.1 Å². The Hall–Kier alpha value is -1.98. The lowest BCUT2D eigenvalue weighted by molar-refractivity contribution is -0.139. The molecular weight excluding hydrogens is 372 g/mol. The van der Waals surface area contributed by atoms with Gasteiger partial charge in [0.2, 0.25) is 5.91 Å². The Bertz CT molecular complexity index is 799. The van der Waals surface area contributed by atoms with E-state index in [1.54, 1.807) is 18.6 Å². The number of nitrogens with zero attached hydrogens (tertiary/aromatic N) is 3. The quantitative estimate of drug-likeness (QED) is 0.849. The molecule has 148 valence electrons. The Morgan fingerprint density at radius 1 is 1.18 bits per heavy atom. The second kappa shape index (κ2) is 8.18. The van der Waals surface area contributed by atoms with Crippen LogP contribution in [0.2, 0.25) is 5.02 Å². The lowest BCUT2D eigenvalue weighted by Gasteiger charge is -2.44. The largest absolute Gasteiger partial charge is 0.333 e. The zero-order chi connectivity index (χ0) is 19.7. The van der Waals surface area contributed by atoms with Gasteiger partial charge in [-0.2, -0.15) is 0 Å². The zero-order valence-corrected chi connectivity index (χ0v) is 16.9. The van der Waals surface area contributed by atoms with Gasteiger partial charge in [-0.1, -0.05) is 30.2 Å². The fourth-order valence-corrected chi connectivity index (χ4v) is 5.22. The Balaban J connectivity index is 1.61. The minimum Gasteiger partial charge on any atom is -0.333 e. The van der Waals surface area contributed by atoms with Crippen LogP contribution in [0.4, 0.5) is 0 Å². The maximum absolute atomic E-state index is 13.5. The average Bonchev–Trinajstić information content (AvgIpc) is 2.69. The molecule has 2 bridgehead atoms. The molecule has 3 unspecified atom stereocenters. The lowest BCUT2D eigenvalue weighted by Crippen LogP contribution is -2.49. The molecule has 3 atom stereocenters. The number of rotatable bonds is 4. The zero-order valence-electron chi connectivity index (χ0n) is 16.2. The molecule has 2 aliphatic carbocycles. The topological polar surface area (TPSA) is 72.1 Å². The molecule has 6 heteroatoms. The van der Waals surface area contributed by atoms with Crippen LogP contribution >= 0.6 is 11.6 Å². The highest BCUT2D eigenvalue weighted by Crippen LogP contribution is 2.43. The van der Waals surface area contributed by atoms with Gasteiger partial charge in [-0.05, 0) is 55.2 Å². The summed E-state index contributed by atoms with van der Waals surface area (Å²) in [7, 11) is 1.88. The van der Waals surface area contributed by atoms with Crippen LogP contribution in [0, 0.1) is 17.8 Å². The Morgan fingerprint density at radius 2 is 1.86 bits per heavy atom. The van der Waals surface area contributed by atoms with Crippen LogP contribution in [-0.4, -0.2) is 33.9 Å². The van der Waals surface area contributed by atoms with Crippen molar-refractivity contribution < 1.29 is 4.79 Å². The van der Waals surface area contributed by atoms with Crippen LogP contribution in [0.25, 0.3) is 0 Å². The van der Waals surface area contributed by atoms with Crippen LogP contribution < -0.4 is 5.73 Å². The fraction of sp³-hybridized carbons (Fsp3) is 0.500. The fourth-order valence-electron chi connectivity index (χ4n) is 5.10. The average molecular weight is 399 g/mol. The van der Waals surface area contributed by atoms with Crippen molar-refractivity contribution in [1.82, 2.24) is 14.9 Å². The molecule has 2 saturated carbocycles. The number of hydrogen-bond donors (Lipinski definition) is 1. The van der Waals surface area contributed by atoms with E-state index < -0.39 is 0 Å². The summed E-state index contributed by atoms with van der Waals surface area (Å²) in [6, 6.07) is 7.59. The number of nitrogens with two attached hydrogens (primary N) is 1. The minimum absolute atomic E-state index is 0.0339. The van der Waals surface area contributed by atoms with Gasteiger partial charge < -0.3 is 10.6 Å². The van der Waals surface area contributed by atoms with Gasteiger partial charge >= 0.3 is 0 Å². The molecule has 1 aromatic carbocycles. The molecule has 0 spiro atoms. The van der Waals surface area contributed by atoms with Gasteiger partial charge in [-0.15, -0.1) is 0 Å². The molecule has 4 rings (SSSR count). The summed E-state index contributed by atoms with van der Waals surface area (Å²) in [6.45, 7) is 0. The molecular formula is C22H27ClN4O. The van der Waals surface area contributed by atoms with Crippen LogP contribution in [0.1, 0.15) is 49.4 Å². The molecule has 2 aromatic rings. The van der Waals surface area contributed by atoms with Crippen molar-refractivity contribution in [3.63, 3.8) is 0 Å². The van der Waals surface area contributed by atoms with Crippen LogP contribution in [0.5, 0.6) is 0 Å². The predicted octanol–water partition coefficient (Wildman–Crippen LogP) is 3.83. The third kappa shape index (κ3) is 3.78. The standard InChI is InChI=1S/C22H27ClN4O/c1-27(22(28)17-11-15-3-2-4-16(12-17)20(15)24)21(19-13-25-9-10-26-19)14-5-7-18(23)8-6-14/h5-10,13,15-17,20-21H,2-4,11-12,24H2,1H3. The summed E-state index contributed by atoms with van der Waals surface area (Å²) in [5.74, 6) is 1.15. The normalized spacial score (nSPS) is 27.8. The van der Waals surface area contributed by atoms with Crippen LogP contribution in [0.15, 0.2) is 42.9 Å². The second-order valence-corrected chi connectivity index (χ2v) is 8.67. The van der Waals surface area contributed by atoms with Gasteiger partial charge in [0.1, 0.15) is 6.04 Å². The Kier molecular flexibility index (Phi) is 5.65. The van der Waals surface area contributed by atoms with Gasteiger partial charge in [0.15, 0.2) is 0 Å². The molecule has 2 aliphatic rings. The predicted molar refractivity (Wildman–Crippen MR) is 110 cm³/mol. The van der Waals surface area contributed by atoms with E-state index in [-0.39, 0.29) is 23.9 Å². The number of hydrogen-bond acceptors (Lipinski definition) is 4. The van der Waals surface area contributed by atoms with E-state index >= 15 is 0 Å². The highest BCUT2D eigenvalue weighted by molar-refractivity contribution is 6.30. The monoisotopic (exact) mass is 398 g/mol. The van der Waals surface area contributed by atoms with Crippen molar-refractivity contribution in [3.8, 4) is 0 Å². The van der Waals surface area contributed by atoms with Crippen molar-refractivity contribution >= 4 is 17.5 Å². The second-order valence-electron chi connectivity index (χ2n) is 8.23. The van der Waals surface area contributed by atoms with E-state index in [9.17, 15) is 4.79 Å². The maximum atomic E-state index is 13.5. The Morgan fingerprint density at radius 3 is 2.46 bits per heavy atom. The van der Waals surface area contributed by atoms with E-state index in [2.05, 4.69) is 9.97 Å². The summed E-state index contributed by atoms with van der Waals surface area (Å²) in [4.78, 5) is 24.0. The molecule has 2 fully saturated rings. The summed E-state index contributed by atoms with van der Waals surface area (Å²) in [5.41, 5.74) is 8.16. The lowest BCUT2D eigenvalue weighted by atomic mass is 9.65. The minimum atomic E-state index is -0.283. The maximum Gasteiger partial charge on any atom is 0.226 e. The van der Waals surface area contributed by atoms with Crippen LogP contribution in [-0.2, 0) is 4.79 Å². The molecule has 0 radical (unpaired) electrons. The molecule has 0 aliphatic heterocycles. The van der Waals surface area contributed by atoms with Gasteiger partial charge in [-0.3, -0.25) is 14.8 Å².